The van der Waals surface area contributed by atoms with Gasteiger partial charge in [0.25, 0.3) is 0 Å². The largest absolute Gasteiger partial charge is 0.481 e. The Morgan fingerprint density at radius 1 is 1.45 bits per heavy atom. The van der Waals surface area contributed by atoms with Gasteiger partial charge in [0.15, 0.2) is 0 Å². The lowest BCUT2D eigenvalue weighted by Gasteiger charge is -2.27. The Labute approximate surface area is 122 Å². The number of nitrogens with zero attached hydrogens (tertiary/aromatic N) is 1. The highest BCUT2D eigenvalue weighted by Crippen LogP contribution is 2.38. The van der Waals surface area contributed by atoms with Gasteiger partial charge in [-0.3, -0.25) is 9.59 Å². The zero-order chi connectivity index (χ0) is 14.7. The van der Waals surface area contributed by atoms with E-state index in [1.165, 1.54) is 0 Å². The fourth-order valence-electron chi connectivity index (χ4n) is 2.54. The van der Waals surface area contributed by atoms with Gasteiger partial charge < -0.3 is 14.7 Å². The summed E-state index contributed by atoms with van der Waals surface area (Å²) in [7, 11) is 1.55. The molecule has 5 nitrogen and oxygen atoms in total. The number of carboxylic acids is 1. The van der Waals surface area contributed by atoms with Crippen LogP contribution in [0.15, 0.2) is 24.3 Å². The minimum Gasteiger partial charge on any atom is -0.481 e. The van der Waals surface area contributed by atoms with E-state index in [1.54, 1.807) is 36.3 Å². The van der Waals surface area contributed by atoms with Crippen LogP contribution in [0.4, 0.5) is 0 Å². The number of benzene rings is 1. The predicted molar refractivity (Wildman–Crippen MR) is 73.5 cm³/mol. The summed E-state index contributed by atoms with van der Waals surface area (Å²) in [6.07, 6.45) is 0.0202. The summed E-state index contributed by atoms with van der Waals surface area (Å²) in [5.41, 5.74) is 0.781. The Morgan fingerprint density at radius 3 is 2.65 bits per heavy atom. The lowest BCUT2D eigenvalue weighted by molar-refractivity contribution is -0.142. The molecule has 2 atom stereocenters. The summed E-state index contributed by atoms with van der Waals surface area (Å²) in [5.74, 6) is -1.85. The molecule has 1 aromatic rings. The van der Waals surface area contributed by atoms with Crippen molar-refractivity contribution in [1.82, 2.24) is 4.90 Å². The Kier molecular flexibility index (Phi) is 4.62. The van der Waals surface area contributed by atoms with Crippen LogP contribution in [0, 0.1) is 5.92 Å². The number of aliphatic carboxylic acids is 1. The van der Waals surface area contributed by atoms with Gasteiger partial charge in [0.1, 0.15) is 0 Å². The third-order valence-corrected chi connectivity index (χ3v) is 3.75. The zero-order valence-electron chi connectivity index (χ0n) is 11.1. The molecule has 0 saturated carbocycles. The number of carbonyl (C=O) groups excluding carboxylic acids is 1. The van der Waals surface area contributed by atoms with Gasteiger partial charge in [0.2, 0.25) is 5.91 Å². The molecule has 0 aliphatic carbocycles. The second kappa shape index (κ2) is 6.24. The highest BCUT2D eigenvalue weighted by atomic mass is 35.5. The topological polar surface area (TPSA) is 66.8 Å². The standard InChI is InChI=1S/C14H16ClNO4/c1-20-7-6-16-12(17)8-11(14(18)19)13(16)9-2-4-10(15)5-3-9/h2-5,11,13H,6-8H2,1H3,(H,18,19). The minimum atomic E-state index is -0.960. The van der Waals surface area contributed by atoms with Crippen molar-refractivity contribution in [2.45, 2.75) is 12.5 Å². The Hall–Kier alpha value is -1.59. The third-order valence-electron chi connectivity index (χ3n) is 3.50. The molecule has 2 unspecified atom stereocenters. The summed E-state index contributed by atoms with van der Waals surface area (Å²) >= 11 is 5.85. The number of carboxylic acid groups (broad SMARTS) is 1. The Bertz CT molecular complexity index is 502. The highest BCUT2D eigenvalue weighted by Gasteiger charge is 2.44. The molecule has 2 rings (SSSR count). The SMILES string of the molecule is COCCN1C(=O)CC(C(=O)O)C1c1ccc(Cl)cc1. The highest BCUT2D eigenvalue weighted by molar-refractivity contribution is 6.30. The van der Waals surface area contributed by atoms with Crippen LogP contribution in [-0.2, 0) is 14.3 Å². The number of carbonyl (C=O) groups is 2. The molecule has 1 N–H and O–H groups in total. The number of hydrogen-bond acceptors (Lipinski definition) is 3. The zero-order valence-corrected chi connectivity index (χ0v) is 11.8. The van der Waals surface area contributed by atoms with Crippen molar-refractivity contribution < 1.29 is 19.4 Å². The van der Waals surface area contributed by atoms with E-state index in [9.17, 15) is 14.7 Å². The second-order valence-electron chi connectivity index (χ2n) is 4.73. The van der Waals surface area contributed by atoms with E-state index >= 15 is 0 Å². The molecule has 1 aliphatic heterocycles. The van der Waals surface area contributed by atoms with E-state index in [2.05, 4.69) is 0 Å². The van der Waals surface area contributed by atoms with Gasteiger partial charge in [0, 0.05) is 25.1 Å². The first-order valence-electron chi connectivity index (χ1n) is 6.31. The first-order chi connectivity index (χ1) is 9.54. The number of rotatable bonds is 5. The number of halogens is 1. The number of hydrogen-bond donors (Lipinski definition) is 1. The summed E-state index contributed by atoms with van der Waals surface area (Å²) < 4.78 is 4.99. The van der Waals surface area contributed by atoms with Gasteiger partial charge in [-0.1, -0.05) is 23.7 Å². The molecule has 20 heavy (non-hydrogen) atoms. The molecule has 1 aliphatic rings. The molecule has 1 heterocycles. The van der Waals surface area contributed by atoms with Crippen molar-refractivity contribution in [3.63, 3.8) is 0 Å². The molecule has 0 bridgehead atoms. The molecule has 1 amide bonds. The first-order valence-corrected chi connectivity index (χ1v) is 6.69. The Morgan fingerprint density at radius 2 is 2.10 bits per heavy atom. The van der Waals surface area contributed by atoms with Gasteiger partial charge in [0.05, 0.1) is 18.6 Å². The number of likely N-dealkylation sites (tertiary alicyclic amines) is 1. The second-order valence-corrected chi connectivity index (χ2v) is 5.16. The van der Waals surface area contributed by atoms with Crippen molar-refractivity contribution in [3.05, 3.63) is 34.9 Å². The number of amides is 1. The van der Waals surface area contributed by atoms with E-state index in [0.29, 0.717) is 18.2 Å². The van der Waals surface area contributed by atoms with Gasteiger partial charge in [-0.15, -0.1) is 0 Å². The van der Waals surface area contributed by atoms with Crippen LogP contribution in [0.1, 0.15) is 18.0 Å². The van der Waals surface area contributed by atoms with Crippen molar-refractivity contribution in [2.24, 2.45) is 5.92 Å². The van der Waals surface area contributed by atoms with Gasteiger partial charge in [-0.2, -0.15) is 0 Å². The number of methoxy groups -OCH3 is 1. The first kappa shape index (κ1) is 14.8. The van der Waals surface area contributed by atoms with Gasteiger partial charge >= 0.3 is 5.97 Å². The monoisotopic (exact) mass is 297 g/mol. The average Bonchev–Trinajstić information content (AvgIpc) is 2.74. The van der Waals surface area contributed by atoms with Crippen LogP contribution >= 0.6 is 11.6 Å². The quantitative estimate of drug-likeness (QED) is 0.902. The maximum Gasteiger partial charge on any atom is 0.309 e. The predicted octanol–water partition coefficient (Wildman–Crippen LogP) is 1.96. The molecular formula is C14H16ClNO4. The molecule has 6 heteroatoms. The van der Waals surface area contributed by atoms with Gasteiger partial charge in [-0.05, 0) is 17.7 Å². The van der Waals surface area contributed by atoms with E-state index in [1.807, 2.05) is 0 Å². The van der Waals surface area contributed by atoms with Crippen LogP contribution in [0.25, 0.3) is 0 Å². The fraction of sp³-hybridized carbons (Fsp3) is 0.429. The maximum absolute atomic E-state index is 12.0. The fourth-order valence-corrected chi connectivity index (χ4v) is 2.66. The van der Waals surface area contributed by atoms with Crippen molar-refractivity contribution in [3.8, 4) is 0 Å². The summed E-state index contributed by atoms with van der Waals surface area (Å²) in [4.78, 5) is 25.0. The van der Waals surface area contributed by atoms with E-state index in [0.717, 1.165) is 5.56 Å². The molecule has 1 fully saturated rings. The van der Waals surface area contributed by atoms with E-state index in [-0.39, 0.29) is 12.3 Å². The summed E-state index contributed by atoms with van der Waals surface area (Å²) in [6, 6.07) is 6.47. The lowest BCUT2D eigenvalue weighted by Crippen LogP contribution is -2.33. The molecule has 108 valence electrons. The molecular weight excluding hydrogens is 282 g/mol. The van der Waals surface area contributed by atoms with E-state index < -0.39 is 17.9 Å². The van der Waals surface area contributed by atoms with Crippen molar-refractivity contribution in [2.75, 3.05) is 20.3 Å². The average molecular weight is 298 g/mol. The summed E-state index contributed by atoms with van der Waals surface area (Å²) in [6.45, 7) is 0.759. The van der Waals surface area contributed by atoms with Crippen LogP contribution in [0.3, 0.4) is 0 Å². The van der Waals surface area contributed by atoms with Crippen molar-refractivity contribution >= 4 is 23.5 Å². The van der Waals surface area contributed by atoms with Gasteiger partial charge in [-0.25, -0.2) is 0 Å². The van der Waals surface area contributed by atoms with Crippen LogP contribution < -0.4 is 0 Å². The molecule has 0 spiro atoms. The van der Waals surface area contributed by atoms with Crippen LogP contribution in [-0.4, -0.2) is 42.1 Å². The minimum absolute atomic E-state index is 0.0202. The molecule has 0 radical (unpaired) electrons. The smallest absolute Gasteiger partial charge is 0.309 e. The maximum atomic E-state index is 12.0. The van der Waals surface area contributed by atoms with E-state index in [4.69, 9.17) is 16.3 Å². The Balaban J connectivity index is 2.32. The molecule has 1 saturated heterocycles. The lowest BCUT2D eigenvalue weighted by atomic mass is 9.94. The van der Waals surface area contributed by atoms with Crippen LogP contribution in [0.5, 0.6) is 0 Å². The molecule has 1 aromatic carbocycles. The third kappa shape index (κ3) is 2.94. The van der Waals surface area contributed by atoms with Crippen molar-refractivity contribution in [1.29, 1.82) is 0 Å². The number of ether oxygens (including phenoxy) is 1. The normalized spacial score (nSPS) is 22.3. The molecule has 0 aromatic heterocycles. The van der Waals surface area contributed by atoms with Crippen LogP contribution in [0.2, 0.25) is 5.02 Å². The summed E-state index contributed by atoms with van der Waals surface area (Å²) in [5, 5.41) is 9.90.